The molecule has 5 nitrogen and oxygen atoms in total. The molecule has 0 radical (unpaired) electrons. The van der Waals surface area contributed by atoms with Crippen LogP contribution in [-0.2, 0) is 4.74 Å². The Balaban J connectivity index is 1.33. The average molecular weight is 357 g/mol. The molecule has 1 fully saturated rings. The molecule has 1 unspecified atom stereocenters. The number of hydrogen-bond donors (Lipinski definition) is 1. The lowest BCUT2D eigenvalue weighted by atomic mass is 10.1. The van der Waals surface area contributed by atoms with Gasteiger partial charge in [-0.05, 0) is 55.7 Å². The van der Waals surface area contributed by atoms with Crippen LogP contribution in [0.25, 0.3) is 0 Å². The first kappa shape index (κ1) is 18.4. The van der Waals surface area contributed by atoms with Crippen LogP contribution in [-0.4, -0.2) is 33.2 Å². The van der Waals surface area contributed by atoms with E-state index < -0.39 is 0 Å². The highest BCUT2D eigenvalue weighted by atomic mass is 16.7. The van der Waals surface area contributed by atoms with Gasteiger partial charge < -0.3 is 24.3 Å². The average Bonchev–Trinajstić information content (AvgIpc) is 3.50. The molecule has 1 N–H and O–H groups in total. The summed E-state index contributed by atoms with van der Waals surface area (Å²) in [6, 6.07) is 15.4. The standard InChI is InChI=1S/C21H27NO4/c1-22-17-9-11-18(12-10-17)25-16-26-20-8-5-7-19(14-20)23-13-4-2-3-6-21-15-24-21/h5,7-12,14,21-22H,2-4,6,13,15-16H2,1H3. The second-order valence-electron chi connectivity index (χ2n) is 6.31. The van der Waals surface area contributed by atoms with Gasteiger partial charge in [-0.2, -0.15) is 0 Å². The van der Waals surface area contributed by atoms with E-state index in [1.54, 1.807) is 0 Å². The van der Waals surface area contributed by atoms with E-state index in [1.807, 2.05) is 55.6 Å². The minimum Gasteiger partial charge on any atom is -0.493 e. The molecule has 1 heterocycles. The third kappa shape index (κ3) is 6.48. The van der Waals surface area contributed by atoms with Crippen molar-refractivity contribution < 1.29 is 18.9 Å². The zero-order valence-corrected chi connectivity index (χ0v) is 15.3. The maximum atomic E-state index is 5.80. The van der Waals surface area contributed by atoms with Crippen LogP contribution in [0.3, 0.4) is 0 Å². The molecule has 26 heavy (non-hydrogen) atoms. The van der Waals surface area contributed by atoms with Crippen molar-refractivity contribution >= 4 is 5.69 Å². The second-order valence-corrected chi connectivity index (χ2v) is 6.31. The first-order valence-electron chi connectivity index (χ1n) is 9.21. The molecule has 5 heteroatoms. The van der Waals surface area contributed by atoms with E-state index in [-0.39, 0.29) is 6.79 Å². The van der Waals surface area contributed by atoms with E-state index >= 15 is 0 Å². The molecule has 0 aliphatic carbocycles. The summed E-state index contributed by atoms with van der Waals surface area (Å²) in [6.45, 7) is 1.84. The molecule has 0 amide bonds. The molecule has 3 rings (SSSR count). The van der Waals surface area contributed by atoms with E-state index in [0.29, 0.717) is 6.10 Å². The highest BCUT2D eigenvalue weighted by molar-refractivity contribution is 5.45. The highest BCUT2D eigenvalue weighted by Gasteiger charge is 2.20. The molecule has 2 aromatic carbocycles. The molecular weight excluding hydrogens is 330 g/mol. The predicted octanol–water partition coefficient (Wildman–Crippen LogP) is 4.48. The monoisotopic (exact) mass is 357 g/mol. The van der Waals surface area contributed by atoms with Gasteiger partial charge in [0.15, 0.2) is 0 Å². The van der Waals surface area contributed by atoms with Gasteiger partial charge in [-0.15, -0.1) is 0 Å². The molecule has 0 spiro atoms. The normalized spacial score (nSPS) is 15.3. The molecule has 0 bridgehead atoms. The summed E-state index contributed by atoms with van der Waals surface area (Å²) in [5.74, 6) is 2.33. The fraction of sp³-hybridized carbons (Fsp3) is 0.429. The molecule has 1 aliphatic heterocycles. The van der Waals surface area contributed by atoms with Gasteiger partial charge in [0.2, 0.25) is 6.79 Å². The van der Waals surface area contributed by atoms with Crippen molar-refractivity contribution in [2.75, 3.05) is 32.4 Å². The highest BCUT2D eigenvalue weighted by Crippen LogP contribution is 2.21. The van der Waals surface area contributed by atoms with Crippen molar-refractivity contribution in [2.24, 2.45) is 0 Å². The van der Waals surface area contributed by atoms with Crippen LogP contribution in [0, 0.1) is 0 Å². The number of epoxide rings is 1. The van der Waals surface area contributed by atoms with Gasteiger partial charge >= 0.3 is 0 Å². The Labute approximate surface area is 155 Å². The van der Waals surface area contributed by atoms with Gasteiger partial charge in [0.1, 0.15) is 17.2 Å². The Kier molecular flexibility index (Phi) is 7.02. The topological polar surface area (TPSA) is 52.2 Å². The van der Waals surface area contributed by atoms with Gasteiger partial charge in [-0.3, -0.25) is 0 Å². The summed E-state index contributed by atoms with van der Waals surface area (Å²) in [5, 5.41) is 3.07. The Bertz CT molecular complexity index is 655. The summed E-state index contributed by atoms with van der Waals surface area (Å²) >= 11 is 0. The first-order chi connectivity index (χ1) is 12.8. The largest absolute Gasteiger partial charge is 0.493 e. The number of nitrogens with one attached hydrogen (secondary N) is 1. The Morgan fingerprint density at radius 3 is 2.38 bits per heavy atom. The number of unbranched alkanes of at least 4 members (excludes halogenated alkanes) is 2. The van der Waals surface area contributed by atoms with Crippen LogP contribution in [0.5, 0.6) is 17.2 Å². The lowest BCUT2D eigenvalue weighted by Crippen LogP contribution is -2.06. The molecule has 0 saturated carbocycles. The number of rotatable bonds is 12. The summed E-state index contributed by atoms with van der Waals surface area (Å²) in [5.41, 5.74) is 1.05. The van der Waals surface area contributed by atoms with Gasteiger partial charge in [0, 0.05) is 18.8 Å². The van der Waals surface area contributed by atoms with E-state index in [2.05, 4.69) is 5.32 Å². The summed E-state index contributed by atoms with van der Waals surface area (Å²) in [4.78, 5) is 0. The molecule has 0 aromatic heterocycles. The van der Waals surface area contributed by atoms with E-state index in [0.717, 1.165) is 42.6 Å². The second kappa shape index (κ2) is 9.92. The fourth-order valence-electron chi connectivity index (χ4n) is 2.61. The maximum Gasteiger partial charge on any atom is 0.230 e. The van der Waals surface area contributed by atoms with Gasteiger partial charge in [0.25, 0.3) is 0 Å². The van der Waals surface area contributed by atoms with Gasteiger partial charge in [-0.1, -0.05) is 12.5 Å². The summed E-state index contributed by atoms with van der Waals surface area (Å²) in [6.07, 6.45) is 5.16. The predicted molar refractivity (Wildman–Crippen MR) is 102 cm³/mol. The molecule has 1 atom stereocenters. The third-order valence-electron chi connectivity index (χ3n) is 4.24. The van der Waals surface area contributed by atoms with Crippen molar-refractivity contribution in [1.29, 1.82) is 0 Å². The van der Waals surface area contributed by atoms with Crippen molar-refractivity contribution in [2.45, 2.75) is 31.8 Å². The lowest BCUT2D eigenvalue weighted by Gasteiger charge is -2.11. The lowest BCUT2D eigenvalue weighted by molar-refractivity contribution is 0.119. The number of hydrogen-bond acceptors (Lipinski definition) is 5. The zero-order valence-electron chi connectivity index (χ0n) is 15.3. The van der Waals surface area contributed by atoms with Crippen LogP contribution in [0.1, 0.15) is 25.7 Å². The number of ether oxygens (including phenoxy) is 4. The van der Waals surface area contributed by atoms with Crippen LogP contribution in [0.2, 0.25) is 0 Å². The fourth-order valence-corrected chi connectivity index (χ4v) is 2.61. The molecular formula is C21H27NO4. The Morgan fingerprint density at radius 2 is 1.65 bits per heavy atom. The third-order valence-corrected chi connectivity index (χ3v) is 4.24. The molecule has 140 valence electrons. The number of anilines is 1. The number of benzene rings is 2. The van der Waals surface area contributed by atoms with Crippen LogP contribution in [0.4, 0.5) is 5.69 Å². The first-order valence-corrected chi connectivity index (χ1v) is 9.21. The van der Waals surface area contributed by atoms with E-state index in [1.165, 1.54) is 19.3 Å². The summed E-state index contributed by atoms with van der Waals surface area (Å²) in [7, 11) is 1.89. The van der Waals surface area contributed by atoms with Crippen molar-refractivity contribution in [3.63, 3.8) is 0 Å². The molecule has 1 aliphatic rings. The van der Waals surface area contributed by atoms with Crippen molar-refractivity contribution in [3.8, 4) is 17.2 Å². The smallest absolute Gasteiger partial charge is 0.230 e. The molecule has 2 aromatic rings. The molecule has 1 saturated heterocycles. The Morgan fingerprint density at radius 1 is 0.923 bits per heavy atom. The van der Waals surface area contributed by atoms with Crippen LogP contribution >= 0.6 is 0 Å². The van der Waals surface area contributed by atoms with Crippen LogP contribution < -0.4 is 19.5 Å². The SMILES string of the molecule is CNc1ccc(OCOc2cccc(OCCCCCC3CO3)c2)cc1. The summed E-state index contributed by atoms with van der Waals surface area (Å²) < 4.78 is 22.3. The van der Waals surface area contributed by atoms with Crippen molar-refractivity contribution in [3.05, 3.63) is 48.5 Å². The van der Waals surface area contributed by atoms with Gasteiger partial charge in [-0.25, -0.2) is 0 Å². The minimum atomic E-state index is 0.158. The van der Waals surface area contributed by atoms with Crippen LogP contribution in [0.15, 0.2) is 48.5 Å². The zero-order chi connectivity index (χ0) is 18.0. The van der Waals surface area contributed by atoms with E-state index in [4.69, 9.17) is 18.9 Å². The Hall–Kier alpha value is -2.40. The van der Waals surface area contributed by atoms with E-state index in [9.17, 15) is 0 Å². The quantitative estimate of drug-likeness (QED) is 0.345. The minimum absolute atomic E-state index is 0.158. The maximum absolute atomic E-state index is 5.80. The van der Waals surface area contributed by atoms with Gasteiger partial charge in [0.05, 0.1) is 19.3 Å². The van der Waals surface area contributed by atoms with Crippen molar-refractivity contribution in [1.82, 2.24) is 0 Å².